The first-order valence-corrected chi connectivity index (χ1v) is 11.1. The normalized spacial score (nSPS) is 12.6. The number of nitrogens with one attached hydrogen (secondary N) is 2. The zero-order chi connectivity index (χ0) is 23.8. The maximum absolute atomic E-state index is 12.7. The Kier molecular flexibility index (Phi) is 5.57. The highest BCUT2D eigenvalue weighted by Gasteiger charge is 2.36. The van der Waals surface area contributed by atoms with Crippen molar-refractivity contribution < 1.29 is 14.4 Å². The Morgan fingerprint density at radius 2 is 1.44 bits per heavy atom. The number of imide groups is 1. The molecular formula is C26H16ClN3O3S. The lowest BCUT2D eigenvalue weighted by atomic mass is 10.1. The summed E-state index contributed by atoms with van der Waals surface area (Å²) < 4.78 is 0. The third-order valence-corrected chi connectivity index (χ3v) is 6.01. The van der Waals surface area contributed by atoms with Crippen molar-refractivity contribution in [3.05, 3.63) is 107 Å². The Morgan fingerprint density at radius 3 is 2.12 bits per heavy atom. The van der Waals surface area contributed by atoms with E-state index in [1.54, 1.807) is 48.5 Å². The van der Waals surface area contributed by atoms with Crippen LogP contribution in [0.15, 0.2) is 84.9 Å². The lowest BCUT2D eigenvalue weighted by Crippen LogP contribution is -2.34. The van der Waals surface area contributed by atoms with Crippen LogP contribution in [0.4, 0.5) is 11.4 Å². The van der Waals surface area contributed by atoms with Gasteiger partial charge < -0.3 is 5.32 Å². The van der Waals surface area contributed by atoms with Gasteiger partial charge in [-0.15, -0.1) is 0 Å². The van der Waals surface area contributed by atoms with Crippen molar-refractivity contribution in [2.45, 2.75) is 0 Å². The number of benzene rings is 4. The SMILES string of the molecule is O=C(NC(=S)Nc1ccc(N2C(=O)c3ccccc3C2=O)cc1Cl)c1ccc2ccccc2c1. The predicted molar refractivity (Wildman–Crippen MR) is 137 cm³/mol. The molecule has 0 bridgehead atoms. The van der Waals surface area contributed by atoms with Crippen molar-refractivity contribution in [1.82, 2.24) is 5.32 Å². The second-order valence-electron chi connectivity index (χ2n) is 7.63. The number of hydrogen-bond donors (Lipinski definition) is 2. The fourth-order valence-electron chi connectivity index (χ4n) is 3.83. The van der Waals surface area contributed by atoms with Crippen LogP contribution in [0.2, 0.25) is 5.02 Å². The molecule has 6 nitrogen and oxygen atoms in total. The molecule has 0 radical (unpaired) electrons. The number of anilines is 2. The van der Waals surface area contributed by atoms with Crippen molar-refractivity contribution in [1.29, 1.82) is 0 Å². The molecule has 0 spiro atoms. The molecule has 0 atom stereocenters. The second-order valence-corrected chi connectivity index (χ2v) is 8.44. The number of carbonyl (C=O) groups is 3. The van der Waals surface area contributed by atoms with Crippen LogP contribution in [0.25, 0.3) is 10.8 Å². The topological polar surface area (TPSA) is 78.5 Å². The van der Waals surface area contributed by atoms with Crippen molar-refractivity contribution in [2.75, 3.05) is 10.2 Å². The van der Waals surface area contributed by atoms with E-state index >= 15 is 0 Å². The third kappa shape index (κ3) is 3.91. The maximum Gasteiger partial charge on any atom is 0.266 e. The molecule has 0 aliphatic carbocycles. The molecule has 0 saturated heterocycles. The summed E-state index contributed by atoms with van der Waals surface area (Å²) in [4.78, 5) is 39.1. The number of hydrogen-bond acceptors (Lipinski definition) is 4. The first kappa shape index (κ1) is 21.8. The molecule has 8 heteroatoms. The predicted octanol–water partition coefficient (Wildman–Crippen LogP) is 5.42. The van der Waals surface area contributed by atoms with E-state index in [4.69, 9.17) is 23.8 Å². The third-order valence-electron chi connectivity index (χ3n) is 5.49. The molecule has 0 fully saturated rings. The van der Waals surface area contributed by atoms with Crippen LogP contribution in [-0.4, -0.2) is 22.8 Å². The molecule has 166 valence electrons. The van der Waals surface area contributed by atoms with Crippen LogP contribution < -0.4 is 15.5 Å². The molecule has 1 heterocycles. The van der Waals surface area contributed by atoms with E-state index in [0.717, 1.165) is 15.7 Å². The molecule has 0 unspecified atom stereocenters. The van der Waals surface area contributed by atoms with E-state index in [-0.39, 0.29) is 16.0 Å². The molecule has 0 aromatic heterocycles. The molecular weight excluding hydrogens is 470 g/mol. The molecule has 3 amide bonds. The van der Waals surface area contributed by atoms with Gasteiger partial charge >= 0.3 is 0 Å². The standard InChI is InChI=1S/C26H16ClN3O3S/c27-21-14-18(30-24(32)19-7-3-4-8-20(19)25(30)33)11-12-22(21)28-26(34)29-23(31)17-10-9-15-5-1-2-6-16(15)13-17/h1-14H,(H2,28,29,31,34). The number of thiocarbonyl (C=S) groups is 1. The minimum Gasteiger partial charge on any atom is -0.331 e. The summed E-state index contributed by atoms with van der Waals surface area (Å²) >= 11 is 11.7. The van der Waals surface area contributed by atoms with Crippen LogP contribution in [0.1, 0.15) is 31.1 Å². The van der Waals surface area contributed by atoms with Gasteiger partial charge in [0.2, 0.25) is 0 Å². The van der Waals surface area contributed by atoms with Gasteiger partial charge in [0.05, 0.1) is 27.5 Å². The number of halogens is 1. The van der Waals surface area contributed by atoms with Gasteiger partial charge in [-0.25, -0.2) is 4.90 Å². The molecule has 5 rings (SSSR count). The Balaban J connectivity index is 1.29. The fourth-order valence-corrected chi connectivity index (χ4v) is 4.25. The lowest BCUT2D eigenvalue weighted by Gasteiger charge is -2.16. The largest absolute Gasteiger partial charge is 0.331 e. The van der Waals surface area contributed by atoms with Gasteiger partial charge in [0.25, 0.3) is 17.7 Å². The van der Waals surface area contributed by atoms with Gasteiger partial charge in [-0.2, -0.15) is 0 Å². The molecule has 4 aromatic rings. The molecule has 0 saturated carbocycles. The Bertz CT molecular complexity index is 1480. The van der Waals surface area contributed by atoms with E-state index in [1.807, 2.05) is 30.3 Å². The fraction of sp³-hybridized carbons (Fsp3) is 0. The van der Waals surface area contributed by atoms with E-state index in [1.165, 1.54) is 6.07 Å². The molecule has 1 aliphatic rings. The summed E-state index contributed by atoms with van der Waals surface area (Å²) in [7, 11) is 0. The summed E-state index contributed by atoms with van der Waals surface area (Å²) in [5, 5.41) is 7.79. The van der Waals surface area contributed by atoms with Crippen molar-refractivity contribution in [3.8, 4) is 0 Å². The minimum absolute atomic E-state index is 0.0635. The first-order chi connectivity index (χ1) is 16.4. The van der Waals surface area contributed by atoms with Crippen LogP contribution in [-0.2, 0) is 0 Å². The van der Waals surface area contributed by atoms with Gasteiger partial charge in [0.15, 0.2) is 5.11 Å². The van der Waals surface area contributed by atoms with Gasteiger partial charge in [-0.3, -0.25) is 19.7 Å². The van der Waals surface area contributed by atoms with Crippen LogP contribution >= 0.6 is 23.8 Å². The summed E-state index contributed by atoms with van der Waals surface area (Å²) in [5.41, 5.74) is 1.93. The highest BCUT2D eigenvalue weighted by molar-refractivity contribution is 7.80. The first-order valence-electron chi connectivity index (χ1n) is 10.3. The molecule has 34 heavy (non-hydrogen) atoms. The van der Waals surface area contributed by atoms with Gasteiger partial charge in [0, 0.05) is 5.56 Å². The highest BCUT2D eigenvalue weighted by atomic mass is 35.5. The van der Waals surface area contributed by atoms with Crippen molar-refractivity contribution in [2.24, 2.45) is 0 Å². The van der Waals surface area contributed by atoms with E-state index in [2.05, 4.69) is 10.6 Å². The zero-order valence-electron chi connectivity index (χ0n) is 17.5. The number of rotatable bonds is 3. The Morgan fingerprint density at radius 1 is 0.794 bits per heavy atom. The summed E-state index contributed by atoms with van der Waals surface area (Å²) in [6.07, 6.45) is 0. The summed E-state index contributed by atoms with van der Waals surface area (Å²) in [6, 6.07) is 24.5. The molecule has 2 N–H and O–H groups in total. The number of amides is 3. The zero-order valence-corrected chi connectivity index (χ0v) is 19.1. The smallest absolute Gasteiger partial charge is 0.266 e. The number of nitrogens with zero attached hydrogens (tertiary/aromatic N) is 1. The monoisotopic (exact) mass is 485 g/mol. The number of fused-ring (bicyclic) bond motifs is 2. The lowest BCUT2D eigenvalue weighted by molar-refractivity contribution is 0.0923. The van der Waals surface area contributed by atoms with Crippen molar-refractivity contribution in [3.63, 3.8) is 0 Å². The number of carbonyl (C=O) groups excluding carboxylic acids is 3. The van der Waals surface area contributed by atoms with Gasteiger partial charge in [-0.05, 0) is 65.5 Å². The van der Waals surface area contributed by atoms with Crippen molar-refractivity contribution >= 4 is 68.8 Å². The van der Waals surface area contributed by atoms with Crippen LogP contribution in [0.5, 0.6) is 0 Å². The van der Waals surface area contributed by atoms with E-state index in [0.29, 0.717) is 28.1 Å². The Labute approximate surface area is 205 Å². The summed E-state index contributed by atoms with van der Waals surface area (Å²) in [5.74, 6) is -1.17. The highest BCUT2D eigenvalue weighted by Crippen LogP contribution is 2.32. The van der Waals surface area contributed by atoms with Crippen LogP contribution in [0, 0.1) is 0 Å². The second kappa shape index (κ2) is 8.70. The minimum atomic E-state index is -0.407. The molecule has 4 aromatic carbocycles. The van der Waals surface area contributed by atoms with E-state index in [9.17, 15) is 14.4 Å². The van der Waals surface area contributed by atoms with Gasteiger partial charge in [-0.1, -0.05) is 54.1 Å². The average molecular weight is 486 g/mol. The molecule has 1 aliphatic heterocycles. The Hall–Kier alpha value is -4.07. The van der Waals surface area contributed by atoms with E-state index < -0.39 is 11.8 Å². The summed E-state index contributed by atoms with van der Waals surface area (Å²) in [6.45, 7) is 0. The maximum atomic E-state index is 12.7. The van der Waals surface area contributed by atoms with Crippen LogP contribution in [0.3, 0.4) is 0 Å². The average Bonchev–Trinajstić information content (AvgIpc) is 3.10. The van der Waals surface area contributed by atoms with Gasteiger partial charge in [0.1, 0.15) is 0 Å². The quantitative estimate of drug-likeness (QED) is 0.299.